The second kappa shape index (κ2) is 5.81. The minimum atomic E-state index is -0.364. The average molecular weight is 318 g/mol. The molecule has 4 rings (SSSR count). The highest BCUT2D eigenvalue weighted by atomic mass is 19.1. The molecule has 0 saturated heterocycles. The first kappa shape index (κ1) is 14.5. The third-order valence-electron chi connectivity index (χ3n) is 4.03. The highest BCUT2D eigenvalue weighted by molar-refractivity contribution is 5.79. The van der Waals surface area contributed by atoms with Crippen molar-refractivity contribution >= 4 is 11.0 Å². The first-order valence-corrected chi connectivity index (χ1v) is 7.64. The largest absolute Gasteiger partial charge is 0.494 e. The molecule has 0 aliphatic heterocycles. The minimum absolute atomic E-state index is 0.248. The normalized spacial score (nSPS) is 10.9. The van der Waals surface area contributed by atoms with Gasteiger partial charge in [0, 0.05) is 5.56 Å². The van der Waals surface area contributed by atoms with E-state index in [4.69, 9.17) is 4.74 Å². The Morgan fingerprint density at radius 1 is 0.875 bits per heavy atom. The number of H-pyrrole nitrogens is 1. The Morgan fingerprint density at radius 3 is 2.29 bits per heavy atom. The Kier molecular flexibility index (Phi) is 3.50. The van der Waals surface area contributed by atoms with Gasteiger partial charge in [-0.1, -0.05) is 42.5 Å². The highest BCUT2D eigenvalue weighted by Crippen LogP contribution is 2.28. The van der Waals surface area contributed by atoms with Crippen LogP contribution in [0.15, 0.2) is 66.7 Å². The zero-order valence-corrected chi connectivity index (χ0v) is 13.1. The Bertz CT molecular complexity index is 973. The third kappa shape index (κ3) is 2.52. The smallest absolute Gasteiger partial charge is 0.165 e. The molecule has 0 atom stereocenters. The fourth-order valence-electron chi connectivity index (χ4n) is 2.76. The van der Waals surface area contributed by atoms with Gasteiger partial charge in [-0.25, -0.2) is 9.37 Å². The van der Waals surface area contributed by atoms with Gasteiger partial charge in [0.1, 0.15) is 5.82 Å². The van der Waals surface area contributed by atoms with Gasteiger partial charge in [0.2, 0.25) is 0 Å². The van der Waals surface area contributed by atoms with Crippen LogP contribution in [-0.2, 0) is 0 Å². The molecule has 0 amide bonds. The summed E-state index contributed by atoms with van der Waals surface area (Å²) in [5.41, 5.74) is 4.69. The lowest BCUT2D eigenvalue weighted by molar-refractivity contribution is 0.386. The van der Waals surface area contributed by atoms with Crippen LogP contribution in [0.3, 0.4) is 0 Å². The van der Waals surface area contributed by atoms with Crippen LogP contribution in [0.1, 0.15) is 0 Å². The van der Waals surface area contributed by atoms with Gasteiger partial charge in [-0.2, -0.15) is 0 Å². The van der Waals surface area contributed by atoms with Gasteiger partial charge < -0.3 is 9.72 Å². The maximum absolute atomic E-state index is 13.9. The molecule has 1 aromatic heterocycles. The van der Waals surface area contributed by atoms with Crippen molar-refractivity contribution in [3.8, 4) is 28.3 Å². The molecule has 0 bridgehead atoms. The van der Waals surface area contributed by atoms with Crippen molar-refractivity contribution in [3.05, 3.63) is 72.5 Å². The topological polar surface area (TPSA) is 37.9 Å². The van der Waals surface area contributed by atoms with E-state index in [0.717, 1.165) is 33.5 Å². The molecule has 4 aromatic rings. The van der Waals surface area contributed by atoms with E-state index in [9.17, 15) is 4.39 Å². The van der Waals surface area contributed by atoms with Gasteiger partial charge >= 0.3 is 0 Å². The Labute approximate surface area is 138 Å². The van der Waals surface area contributed by atoms with E-state index in [1.54, 1.807) is 6.07 Å². The first-order chi connectivity index (χ1) is 11.7. The van der Waals surface area contributed by atoms with E-state index in [1.807, 2.05) is 54.6 Å². The molecule has 0 fully saturated rings. The van der Waals surface area contributed by atoms with Gasteiger partial charge in [-0.05, 0) is 35.4 Å². The SMILES string of the molecule is COc1ccc(-c2ccc(-c3nc4ccccc4[nH]3)cc2)cc1F. The van der Waals surface area contributed by atoms with Crippen molar-refractivity contribution in [2.24, 2.45) is 0 Å². The molecule has 0 unspecified atom stereocenters. The summed E-state index contributed by atoms with van der Waals surface area (Å²) in [5, 5.41) is 0. The molecular formula is C20H15FN2O. The number of imidazole rings is 1. The number of nitrogens with one attached hydrogen (secondary N) is 1. The molecule has 0 spiro atoms. The molecule has 0 saturated carbocycles. The van der Waals surface area contributed by atoms with Crippen LogP contribution < -0.4 is 4.74 Å². The Balaban J connectivity index is 1.68. The van der Waals surface area contributed by atoms with Crippen molar-refractivity contribution in [1.82, 2.24) is 9.97 Å². The number of fused-ring (bicyclic) bond motifs is 1. The monoisotopic (exact) mass is 318 g/mol. The van der Waals surface area contributed by atoms with Crippen LogP contribution in [0, 0.1) is 5.82 Å². The number of nitrogens with zero attached hydrogens (tertiary/aromatic N) is 1. The minimum Gasteiger partial charge on any atom is -0.494 e. The number of para-hydroxylation sites is 2. The lowest BCUT2D eigenvalue weighted by atomic mass is 10.0. The summed E-state index contributed by atoms with van der Waals surface area (Å²) < 4.78 is 18.8. The van der Waals surface area contributed by atoms with E-state index < -0.39 is 0 Å². The number of rotatable bonds is 3. The third-order valence-corrected chi connectivity index (χ3v) is 4.03. The molecule has 0 aliphatic rings. The highest BCUT2D eigenvalue weighted by Gasteiger charge is 2.07. The zero-order chi connectivity index (χ0) is 16.5. The fraction of sp³-hybridized carbons (Fsp3) is 0.0500. The van der Waals surface area contributed by atoms with Crippen molar-refractivity contribution in [1.29, 1.82) is 0 Å². The average Bonchev–Trinajstić information content (AvgIpc) is 3.06. The molecule has 3 aromatic carbocycles. The van der Waals surface area contributed by atoms with E-state index in [2.05, 4.69) is 9.97 Å². The molecule has 118 valence electrons. The summed E-state index contributed by atoms with van der Waals surface area (Å²) in [6, 6.07) is 20.8. The Hall–Kier alpha value is -3.14. The summed E-state index contributed by atoms with van der Waals surface area (Å²) in [7, 11) is 1.46. The van der Waals surface area contributed by atoms with Crippen molar-refractivity contribution in [2.45, 2.75) is 0 Å². The fourth-order valence-corrected chi connectivity index (χ4v) is 2.76. The van der Waals surface area contributed by atoms with Crippen LogP contribution >= 0.6 is 0 Å². The molecule has 1 N–H and O–H groups in total. The molecule has 1 heterocycles. The lowest BCUT2D eigenvalue weighted by Crippen LogP contribution is -1.88. The molecular weight excluding hydrogens is 303 g/mol. The van der Waals surface area contributed by atoms with Gasteiger partial charge in [-0.3, -0.25) is 0 Å². The second-order valence-electron chi connectivity index (χ2n) is 5.53. The summed E-state index contributed by atoms with van der Waals surface area (Å²) in [4.78, 5) is 7.90. The molecule has 0 radical (unpaired) electrons. The summed E-state index contributed by atoms with van der Waals surface area (Å²) in [6.45, 7) is 0. The summed E-state index contributed by atoms with van der Waals surface area (Å²) in [6.07, 6.45) is 0. The van der Waals surface area contributed by atoms with E-state index in [-0.39, 0.29) is 11.6 Å². The van der Waals surface area contributed by atoms with Crippen LogP contribution in [0.2, 0.25) is 0 Å². The van der Waals surface area contributed by atoms with E-state index in [1.165, 1.54) is 13.2 Å². The lowest BCUT2D eigenvalue weighted by Gasteiger charge is -2.06. The number of benzene rings is 3. The van der Waals surface area contributed by atoms with E-state index in [0.29, 0.717) is 0 Å². The first-order valence-electron chi connectivity index (χ1n) is 7.64. The van der Waals surface area contributed by atoms with Gasteiger partial charge in [0.25, 0.3) is 0 Å². The second-order valence-corrected chi connectivity index (χ2v) is 5.53. The van der Waals surface area contributed by atoms with Gasteiger partial charge in [-0.15, -0.1) is 0 Å². The van der Waals surface area contributed by atoms with Crippen molar-refractivity contribution < 1.29 is 9.13 Å². The number of aromatic nitrogens is 2. The number of hydrogen-bond acceptors (Lipinski definition) is 2. The number of hydrogen-bond donors (Lipinski definition) is 1. The van der Waals surface area contributed by atoms with Crippen LogP contribution in [0.25, 0.3) is 33.5 Å². The number of halogens is 1. The van der Waals surface area contributed by atoms with Crippen molar-refractivity contribution in [3.63, 3.8) is 0 Å². The van der Waals surface area contributed by atoms with Crippen LogP contribution in [0.5, 0.6) is 5.75 Å². The number of aromatic amines is 1. The molecule has 4 heteroatoms. The quantitative estimate of drug-likeness (QED) is 0.574. The number of ether oxygens (including phenoxy) is 1. The number of methoxy groups -OCH3 is 1. The predicted molar refractivity (Wildman–Crippen MR) is 93.5 cm³/mol. The standard InChI is InChI=1S/C20H15FN2O/c1-24-19-11-10-15(12-16(19)21)13-6-8-14(9-7-13)20-22-17-4-2-3-5-18(17)23-20/h2-12H,1H3,(H,22,23). The molecule has 24 heavy (non-hydrogen) atoms. The maximum Gasteiger partial charge on any atom is 0.165 e. The van der Waals surface area contributed by atoms with Crippen molar-refractivity contribution in [2.75, 3.05) is 7.11 Å². The molecule has 0 aliphatic carbocycles. The molecule has 3 nitrogen and oxygen atoms in total. The van der Waals surface area contributed by atoms with Crippen LogP contribution in [-0.4, -0.2) is 17.1 Å². The van der Waals surface area contributed by atoms with Gasteiger partial charge in [0.05, 0.1) is 18.1 Å². The van der Waals surface area contributed by atoms with E-state index >= 15 is 0 Å². The van der Waals surface area contributed by atoms with Gasteiger partial charge in [0.15, 0.2) is 11.6 Å². The van der Waals surface area contributed by atoms with Crippen LogP contribution in [0.4, 0.5) is 4.39 Å². The zero-order valence-electron chi connectivity index (χ0n) is 13.1. The maximum atomic E-state index is 13.9. The summed E-state index contributed by atoms with van der Waals surface area (Å²) in [5.74, 6) is 0.706. The Morgan fingerprint density at radius 2 is 1.58 bits per heavy atom. The predicted octanol–water partition coefficient (Wildman–Crippen LogP) is 5.04. The summed E-state index contributed by atoms with van der Waals surface area (Å²) >= 11 is 0.